The van der Waals surface area contributed by atoms with E-state index in [9.17, 15) is 13.5 Å². The van der Waals surface area contributed by atoms with Crippen LogP contribution in [-0.4, -0.2) is 25.1 Å². The first-order valence-corrected chi connectivity index (χ1v) is 7.81. The smallest absolute Gasteiger partial charge is 0.215 e. The quantitative estimate of drug-likeness (QED) is 0.839. The largest absolute Gasteiger partial charge is 0.387 e. The zero-order valence-corrected chi connectivity index (χ0v) is 11.6. The number of nitrogens with zero attached hydrogens (tertiary/aromatic N) is 1. The Balaban J connectivity index is 1.93. The van der Waals surface area contributed by atoms with Crippen molar-refractivity contribution in [3.8, 4) is 0 Å². The second-order valence-electron chi connectivity index (χ2n) is 4.39. The van der Waals surface area contributed by atoms with Gasteiger partial charge in [0.2, 0.25) is 10.0 Å². The molecule has 20 heavy (non-hydrogen) atoms. The summed E-state index contributed by atoms with van der Waals surface area (Å²) in [4.78, 5) is 3.84. The van der Waals surface area contributed by atoms with E-state index in [0.29, 0.717) is 11.1 Å². The van der Waals surface area contributed by atoms with Crippen LogP contribution in [0.3, 0.4) is 0 Å². The zero-order valence-electron chi connectivity index (χ0n) is 10.8. The Bertz CT molecular complexity index is 630. The topological polar surface area (TPSA) is 79.3 Å². The van der Waals surface area contributed by atoms with Crippen LogP contribution in [0.2, 0.25) is 0 Å². The van der Waals surface area contributed by atoms with Crippen molar-refractivity contribution >= 4 is 10.0 Å². The van der Waals surface area contributed by atoms with Gasteiger partial charge in [0.05, 0.1) is 11.9 Å². The molecule has 2 N–H and O–H groups in total. The molecule has 0 aliphatic rings. The van der Waals surface area contributed by atoms with Gasteiger partial charge in [-0.3, -0.25) is 4.98 Å². The first-order chi connectivity index (χ1) is 9.57. The van der Waals surface area contributed by atoms with Gasteiger partial charge in [-0.15, -0.1) is 0 Å². The fourth-order valence-corrected chi connectivity index (χ4v) is 2.90. The van der Waals surface area contributed by atoms with Gasteiger partial charge < -0.3 is 5.11 Å². The highest BCUT2D eigenvalue weighted by molar-refractivity contribution is 7.88. The molecule has 0 aliphatic carbocycles. The van der Waals surface area contributed by atoms with Gasteiger partial charge in [0, 0.05) is 18.9 Å². The summed E-state index contributed by atoms with van der Waals surface area (Å²) in [5.74, 6) is -0.100. The predicted molar refractivity (Wildman–Crippen MR) is 76.3 cm³/mol. The van der Waals surface area contributed by atoms with Crippen molar-refractivity contribution in [2.45, 2.75) is 11.9 Å². The van der Waals surface area contributed by atoms with Crippen LogP contribution in [0.1, 0.15) is 17.2 Å². The van der Waals surface area contributed by atoms with Gasteiger partial charge in [-0.2, -0.15) is 0 Å². The molecular formula is C14H16N2O3S. The normalized spacial score (nSPS) is 13.1. The number of hydrogen-bond donors (Lipinski definition) is 2. The minimum Gasteiger partial charge on any atom is -0.387 e. The van der Waals surface area contributed by atoms with Gasteiger partial charge in [-0.1, -0.05) is 30.3 Å². The summed E-state index contributed by atoms with van der Waals surface area (Å²) in [6, 6.07) is 12.2. The van der Waals surface area contributed by atoms with Crippen molar-refractivity contribution in [3.05, 3.63) is 66.0 Å². The number of aliphatic hydroxyl groups excluding tert-OH is 1. The lowest BCUT2D eigenvalue weighted by atomic mass is 10.1. The maximum atomic E-state index is 11.9. The third-order valence-corrected chi connectivity index (χ3v) is 4.11. The van der Waals surface area contributed by atoms with Crippen molar-refractivity contribution in [3.63, 3.8) is 0 Å². The van der Waals surface area contributed by atoms with E-state index in [0.717, 1.165) is 0 Å². The maximum Gasteiger partial charge on any atom is 0.215 e. The van der Waals surface area contributed by atoms with E-state index in [1.54, 1.807) is 48.8 Å². The average molecular weight is 292 g/mol. The Morgan fingerprint density at radius 1 is 1.10 bits per heavy atom. The monoisotopic (exact) mass is 292 g/mol. The number of sulfonamides is 1. The Morgan fingerprint density at radius 2 is 1.75 bits per heavy atom. The number of rotatable bonds is 6. The van der Waals surface area contributed by atoms with Crippen LogP contribution in [0.4, 0.5) is 0 Å². The Morgan fingerprint density at radius 3 is 2.40 bits per heavy atom. The summed E-state index contributed by atoms with van der Waals surface area (Å²) in [7, 11) is -3.46. The summed E-state index contributed by atoms with van der Waals surface area (Å²) in [6.07, 6.45) is 2.22. The van der Waals surface area contributed by atoms with Crippen LogP contribution in [0, 0.1) is 0 Å². The minimum atomic E-state index is -3.46. The van der Waals surface area contributed by atoms with Crippen molar-refractivity contribution in [2.24, 2.45) is 0 Å². The molecule has 0 aliphatic heterocycles. The predicted octanol–water partition coefficient (Wildman–Crippen LogP) is 1.23. The Hall–Kier alpha value is -1.76. The molecule has 1 aromatic carbocycles. The van der Waals surface area contributed by atoms with Gasteiger partial charge >= 0.3 is 0 Å². The lowest BCUT2D eigenvalue weighted by Crippen LogP contribution is -2.29. The van der Waals surface area contributed by atoms with Crippen molar-refractivity contribution in [2.75, 3.05) is 6.54 Å². The molecule has 0 bridgehead atoms. The van der Waals surface area contributed by atoms with E-state index >= 15 is 0 Å². The minimum absolute atomic E-state index is 0.0564. The molecule has 2 rings (SSSR count). The summed E-state index contributed by atoms with van der Waals surface area (Å²) < 4.78 is 26.2. The number of benzene rings is 1. The molecule has 5 nitrogen and oxygen atoms in total. The van der Waals surface area contributed by atoms with Crippen LogP contribution in [-0.2, 0) is 15.8 Å². The molecule has 1 heterocycles. The third kappa shape index (κ3) is 4.41. The van der Waals surface area contributed by atoms with E-state index in [1.807, 2.05) is 6.07 Å². The van der Waals surface area contributed by atoms with E-state index in [2.05, 4.69) is 9.71 Å². The fraction of sp³-hybridized carbons (Fsp3) is 0.214. The van der Waals surface area contributed by atoms with Crippen molar-refractivity contribution in [1.29, 1.82) is 0 Å². The van der Waals surface area contributed by atoms with Gasteiger partial charge in [-0.25, -0.2) is 13.1 Å². The summed E-state index contributed by atoms with van der Waals surface area (Å²) >= 11 is 0. The Kier molecular flexibility index (Phi) is 4.84. The molecule has 0 amide bonds. The van der Waals surface area contributed by atoms with Crippen molar-refractivity contribution in [1.82, 2.24) is 9.71 Å². The van der Waals surface area contributed by atoms with E-state index < -0.39 is 16.1 Å². The highest BCUT2D eigenvalue weighted by Gasteiger charge is 2.14. The molecule has 106 valence electrons. The number of hydrogen-bond acceptors (Lipinski definition) is 4. The van der Waals surface area contributed by atoms with E-state index in [4.69, 9.17) is 0 Å². The summed E-state index contributed by atoms with van der Waals surface area (Å²) in [5.41, 5.74) is 1.33. The molecule has 0 spiro atoms. The Labute approximate surface area is 118 Å². The van der Waals surface area contributed by atoms with E-state index in [-0.39, 0.29) is 12.3 Å². The number of pyridine rings is 1. The number of nitrogens with one attached hydrogen (secondary N) is 1. The maximum absolute atomic E-state index is 11.9. The zero-order chi connectivity index (χ0) is 14.4. The standard InChI is InChI=1S/C14H16N2O3S/c17-14(13-6-8-15-9-7-13)10-16-20(18,19)11-12-4-2-1-3-5-12/h1-9,14,16-17H,10-11H2. The van der Waals surface area contributed by atoms with Gasteiger partial charge in [0.15, 0.2) is 0 Å². The molecule has 1 atom stereocenters. The highest BCUT2D eigenvalue weighted by Crippen LogP contribution is 2.11. The molecule has 0 fully saturated rings. The molecule has 0 saturated carbocycles. The van der Waals surface area contributed by atoms with Crippen LogP contribution in [0.25, 0.3) is 0 Å². The van der Waals surface area contributed by atoms with Crippen LogP contribution < -0.4 is 4.72 Å². The average Bonchev–Trinajstić information content (AvgIpc) is 2.46. The van der Waals surface area contributed by atoms with Crippen LogP contribution in [0.5, 0.6) is 0 Å². The van der Waals surface area contributed by atoms with Gasteiger partial charge in [-0.05, 0) is 23.3 Å². The number of aromatic nitrogens is 1. The second-order valence-corrected chi connectivity index (χ2v) is 6.20. The first-order valence-electron chi connectivity index (χ1n) is 6.16. The van der Waals surface area contributed by atoms with Gasteiger partial charge in [0.1, 0.15) is 0 Å². The summed E-state index contributed by atoms with van der Waals surface area (Å²) in [6.45, 7) is -0.0564. The second kappa shape index (κ2) is 6.60. The number of aliphatic hydroxyl groups is 1. The van der Waals surface area contributed by atoms with Crippen LogP contribution in [0.15, 0.2) is 54.9 Å². The van der Waals surface area contributed by atoms with Crippen molar-refractivity contribution < 1.29 is 13.5 Å². The molecule has 1 unspecified atom stereocenters. The first kappa shape index (κ1) is 14.6. The third-order valence-electron chi connectivity index (χ3n) is 2.79. The van der Waals surface area contributed by atoms with E-state index in [1.165, 1.54) is 0 Å². The summed E-state index contributed by atoms with van der Waals surface area (Å²) in [5, 5.41) is 9.90. The molecule has 6 heteroatoms. The lowest BCUT2D eigenvalue weighted by Gasteiger charge is -2.12. The molecule has 0 saturated heterocycles. The molecule has 2 aromatic rings. The molecular weight excluding hydrogens is 276 g/mol. The lowest BCUT2D eigenvalue weighted by molar-refractivity contribution is 0.182. The van der Waals surface area contributed by atoms with Gasteiger partial charge in [0.25, 0.3) is 0 Å². The molecule has 1 aromatic heterocycles. The van der Waals surface area contributed by atoms with Crippen LogP contribution >= 0.6 is 0 Å². The fourth-order valence-electron chi connectivity index (χ4n) is 1.75. The molecule has 0 radical (unpaired) electrons. The highest BCUT2D eigenvalue weighted by atomic mass is 32.2. The SMILES string of the molecule is O=S(=O)(Cc1ccccc1)NCC(O)c1ccncc1.